The quantitative estimate of drug-likeness (QED) is 0.392. The van der Waals surface area contributed by atoms with E-state index < -0.39 is 12.2 Å². The van der Waals surface area contributed by atoms with Crippen molar-refractivity contribution in [1.82, 2.24) is 0 Å². The zero-order chi connectivity index (χ0) is 6.85. The first-order valence-corrected chi connectivity index (χ1v) is 2.86. The lowest BCUT2D eigenvalue weighted by atomic mass is 10.1. The zero-order valence-corrected chi connectivity index (χ0v) is 5.03. The van der Waals surface area contributed by atoms with E-state index in [0.717, 1.165) is 0 Å². The molecule has 3 nitrogen and oxygen atoms in total. The van der Waals surface area contributed by atoms with Crippen LogP contribution in [-0.2, 0) is 4.74 Å². The standard InChI is InChI=1S/C6H10O3/c1-2-4(7)6(8)5-3-9-5/h2,4-8H,1,3H2/t4-,5?,6-/m1/s1. The van der Waals surface area contributed by atoms with Crippen LogP contribution in [0.1, 0.15) is 0 Å². The number of rotatable bonds is 3. The van der Waals surface area contributed by atoms with E-state index in [1.807, 2.05) is 0 Å². The van der Waals surface area contributed by atoms with Crippen molar-refractivity contribution in [2.75, 3.05) is 6.61 Å². The SMILES string of the molecule is C=C[C@@H](O)[C@@H](O)C1CO1. The van der Waals surface area contributed by atoms with Crippen LogP contribution in [0.3, 0.4) is 0 Å². The lowest BCUT2D eigenvalue weighted by Crippen LogP contribution is -2.28. The van der Waals surface area contributed by atoms with Gasteiger partial charge in [0.15, 0.2) is 0 Å². The van der Waals surface area contributed by atoms with Crippen molar-refractivity contribution in [2.24, 2.45) is 0 Å². The monoisotopic (exact) mass is 130 g/mol. The Bertz CT molecular complexity index is 109. The topological polar surface area (TPSA) is 53.0 Å². The van der Waals surface area contributed by atoms with Crippen molar-refractivity contribution in [3.05, 3.63) is 12.7 Å². The maximum absolute atomic E-state index is 9.01. The van der Waals surface area contributed by atoms with Gasteiger partial charge in [-0.05, 0) is 0 Å². The van der Waals surface area contributed by atoms with Crippen LogP contribution in [0.4, 0.5) is 0 Å². The second-order valence-electron chi connectivity index (χ2n) is 2.09. The minimum atomic E-state index is -0.850. The van der Waals surface area contributed by atoms with E-state index in [2.05, 4.69) is 6.58 Å². The Morgan fingerprint density at radius 1 is 1.67 bits per heavy atom. The molecule has 0 aliphatic carbocycles. The van der Waals surface area contributed by atoms with Crippen molar-refractivity contribution < 1.29 is 14.9 Å². The molecule has 1 heterocycles. The molecule has 1 aliphatic rings. The molecule has 1 rings (SSSR count). The van der Waals surface area contributed by atoms with E-state index in [0.29, 0.717) is 6.61 Å². The third-order valence-electron chi connectivity index (χ3n) is 1.33. The van der Waals surface area contributed by atoms with Crippen molar-refractivity contribution >= 4 is 0 Å². The molecule has 0 saturated carbocycles. The number of hydrogen-bond acceptors (Lipinski definition) is 3. The van der Waals surface area contributed by atoms with Gasteiger partial charge in [0.05, 0.1) is 6.61 Å². The largest absolute Gasteiger partial charge is 0.387 e. The van der Waals surface area contributed by atoms with Crippen molar-refractivity contribution in [2.45, 2.75) is 18.3 Å². The molecular formula is C6H10O3. The maximum atomic E-state index is 9.01. The Morgan fingerprint density at radius 2 is 2.22 bits per heavy atom. The number of aliphatic hydroxyl groups excluding tert-OH is 2. The molecule has 0 aromatic rings. The molecule has 9 heavy (non-hydrogen) atoms. The van der Waals surface area contributed by atoms with Crippen molar-refractivity contribution in [1.29, 1.82) is 0 Å². The van der Waals surface area contributed by atoms with Crippen LogP contribution in [-0.4, -0.2) is 35.1 Å². The first kappa shape index (κ1) is 6.74. The third kappa shape index (κ3) is 1.51. The summed E-state index contributed by atoms with van der Waals surface area (Å²) in [5.41, 5.74) is 0. The van der Waals surface area contributed by atoms with Gasteiger partial charge in [0, 0.05) is 0 Å². The van der Waals surface area contributed by atoms with Crippen molar-refractivity contribution in [3.8, 4) is 0 Å². The van der Waals surface area contributed by atoms with Gasteiger partial charge < -0.3 is 14.9 Å². The molecule has 3 atom stereocenters. The Balaban J connectivity index is 2.30. The molecule has 0 aromatic carbocycles. The molecule has 1 aliphatic heterocycles. The van der Waals surface area contributed by atoms with Gasteiger partial charge in [-0.25, -0.2) is 0 Å². The van der Waals surface area contributed by atoms with Crippen LogP contribution in [0.15, 0.2) is 12.7 Å². The highest BCUT2D eigenvalue weighted by Crippen LogP contribution is 2.16. The normalized spacial score (nSPS) is 31.1. The fourth-order valence-electron chi connectivity index (χ4n) is 0.612. The lowest BCUT2D eigenvalue weighted by Gasteiger charge is -2.09. The zero-order valence-electron chi connectivity index (χ0n) is 5.03. The fraction of sp³-hybridized carbons (Fsp3) is 0.667. The summed E-state index contributed by atoms with van der Waals surface area (Å²) in [5, 5.41) is 17.9. The first-order chi connectivity index (χ1) is 4.25. The van der Waals surface area contributed by atoms with Crippen LogP contribution in [0.25, 0.3) is 0 Å². The number of aliphatic hydroxyl groups is 2. The predicted molar refractivity (Wildman–Crippen MR) is 32.0 cm³/mol. The van der Waals surface area contributed by atoms with E-state index in [1.54, 1.807) is 0 Å². The number of ether oxygens (including phenoxy) is 1. The summed E-state index contributed by atoms with van der Waals surface area (Å²) >= 11 is 0. The summed E-state index contributed by atoms with van der Waals surface area (Å²) in [6.45, 7) is 3.87. The van der Waals surface area contributed by atoms with E-state index in [-0.39, 0.29) is 6.10 Å². The second-order valence-corrected chi connectivity index (χ2v) is 2.09. The number of hydrogen-bond donors (Lipinski definition) is 2. The predicted octanol–water partition coefficient (Wildman–Crippen LogP) is -0.707. The summed E-state index contributed by atoms with van der Waals surface area (Å²) in [5.74, 6) is 0. The van der Waals surface area contributed by atoms with Crippen molar-refractivity contribution in [3.63, 3.8) is 0 Å². The molecule has 1 unspecified atom stereocenters. The molecule has 0 bridgehead atoms. The van der Waals surface area contributed by atoms with E-state index in [9.17, 15) is 0 Å². The summed E-state index contributed by atoms with van der Waals surface area (Å²) in [7, 11) is 0. The third-order valence-corrected chi connectivity index (χ3v) is 1.33. The first-order valence-electron chi connectivity index (χ1n) is 2.86. The maximum Gasteiger partial charge on any atom is 0.112 e. The van der Waals surface area contributed by atoms with Gasteiger partial charge in [-0.1, -0.05) is 6.08 Å². The van der Waals surface area contributed by atoms with Gasteiger partial charge in [-0.3, -0.25) is 0 Å². The summed E-state index contributed by atoms with van der Waals surface area (Å²) in [6.07, 6.45) is -0.509. The second kappa shape index (κ2) is 2.47. The summed E-state index contributed by atoms with van der Waals surface area (Å²) in [6, 6.07) is 0. The molecule has 1 fully saturated rings. The molecule has 3 heteroatoms. The fourth-order valence-corrected chi connectivity index (χ4v) is 0.612. The van der Waals surface area contributed by atoms with Gasteiger partial charge in [-0.2, -0.15) is 0 Å². The molecule has 52 valence electrons. The van der Waals surface area contributed by atoms with Crippen LogP contribution >= 0.6 is 0 Å². The van der Waals surface area contributed by atoms with Gasteiger partial charge in [0.2, 0.25) is 0 Å². The molecule has 0 amide bonds. The Morgan fingerprint density at radius 3 is 2.56 bits per heavy atom. The molecule has 0 aromatic heterocycles. The van der Waals surface area contributed by atoms with Gasteiger partial charge in [-0.15, -0.1) is 6.58 Å². The van der Waals surface area contributed by atoms with Gasteiger partial charge in [0.25, 0.3) is 0 Å². The average molecular weight is 130 g/mol. The van der Waals surface area contributed by atoms with Gasteiger partial charge in [0.1, 0.15) is 18.3 Å². The van der Waals surface area contributed by atoms with Crippen LogP contribution in [0, 0.1) is 0 Å². The minimum Gasteiger partial charge on any atom is -0.387 e. The molecule has 1 saturated heterocycles. The smallest absolute Gasteiger partial charge is 0.112 e. The Hall–Kier alpha value is -0.380. The van der Waals surface area contributed by atoms with Gasteiger partial charge >= 0.3 is 0 Å². The summed E-state index contributed by atoms with van der Waals surface area (Å²) in [4.78, 5) is 0. The molecular weight excluding hydrogens is 120 g/mol. The highest BCUT2D eigenvalue weighted by molar-refractivity contribution is 4.92. The molecule has 0 radical (unpaired) electrons. The Kier molecular flexibility index (Phi) is 1.85. The van der Waals surface area contributed by atoms with Crippen LogP contribution in [0.5, 0.6) is 0 Å². The van der Waals surface area contributed by atoms with E-state index >= 15 is 0 Å². The minimum absolute atomic E-state index is 0.169. The highest BCUT2D eigenvalue weighted by atomic mass is 16.6. The van der Waals surface area contributed by atoms with E-state index in [4.69, 9.17) is 14.9 Å². The summed E-state index contributed by atoms with van der Waals surface area (Å²) < 4.78 is 4.74. The lowest BCUT2D eigenvalue weighted by molar-refractivity contribution is 0.0296. The molecule has 2 N–H and O–H groups in total. The number of epoxide rings is 1. The van der Waals surface area contributed by atoms with Crippen LogP contribution < -0.4 is 0 Å². The van der Waals surface area contributed by atoms with Crippen LogP contribution in [0.2, 0.25) is 0 Å². The average Bonchev–Trinajstić information content (AvgIpc) is 2.66. The Labute approximate surface area is 53.6 Å². The van der Waals surface area contributed by atoms with E-state index in [1.165, 1.54) is 6.08 Å². The highest BCUT2D eigenvalue weighted by Gasteiger charge is 2.34. The molecule has 0 spiro atoms.